The van der Waals surface area contributed by atoms with Crippen molar-refractivity contribution < 1.29 is 19.0 Å². The predicted molar refractivity (Wildman–Crippen MR) is 150 cm³/mol. The molecule has 2 aromatic heterocycles. The molecule has 0 saturated carbocycles. The summed E-state index contributed by atoms with van der Waals surface area (Å²) in [7, 11) is 0. The van der Waals surface area contributed by atoms with E-state index in [-0.39, 0.29) is 22.3 Å². The summed E-state index contributed by atoms with van der Waals surface area (Å²) in [6.07, 6.45) is 10.4. The van der Waals surface area contributed by atoms with Crippen LogP contribution in [0.2, 0.25) is 0 Å². The van der Waals surface area contributed by atoms with Crippen LogP contribution in [0, 0.1) is 10.8 Å². The number of aryl methyl sites for hydroxylation is 2. The highest BCUT2D eigenvalue weighted by Gasteiger charge is 2.21. The van der Waals surface area contributed by atoms with E-state index in [0.717, 1.165) is 73.6 Å². The van der Waals surface area contributed by atoms with Gasteiger partial charge in [0.25, 0.3) is 0 Å². The fourth-order valence-electron chi connectivity index (χ4n) is 3.81. The summed E-state index contributed by atoms with van der Waals surface area (Å²) in [5.41, 5.74) is -0.746. The third-order valence-electron chi connectivity index (χ3n) is 6.67. The van der Waals surface area contributed by atoms with Gasteiger partial charge in [-0.1, -0.05) is 52.1 Å². The van der Waals surface area contributed by atoms with Gasteiger partial charge in [-0.2, -0.15) is 0 Å². The summed E-state index contributed by atoms with van der Waals surface area (Å²) in [6.45, 7) is 8.74. The maximum atomic E-state index is 11.6. The van der Waals surface area contributed by atoms with Gasteiger partial charge >= 0.3 is 0 Å². The minimum absolute atomic E-state index is 0.0433. The lowest BCUT2D eigenvalue weighted by atomic mass is 9.81. The first kappa shape index (κ1) is 29.9. The lowest BCUT2D eigenvalue weighted by molar-refractivity contribution is 0.299. The molecule has 2 rings (SSSR count). The van der Waals surface area contributed by atoms with Crippen molar-refractivity contribution in [2.45, 2.75) is 91.9 Å². The Hall–Kier alpha value is -2.32. The standard InChI is InChI=1S/C28H38O6S2/c1-27(2,11-7-19-15-23(29)25(31)17-33-19)13-9-21(35)5-6-22(36)10-14-28(3,4)12-8-20-16-24(30)26(32)18-34-20/h15-18,31-32H,5-14H2,1-4H3. The van der Waals surface area contributed by atoms with Crippen LogP contribution in [0.5, 0.6) is 11.5 Å². The van der Waals surface area contributed by atoms with Crippen molar-refractivity contribution in [2.24, 2.45) is 10.8 Å². The quantitative estimate of drug-likeness (QED) is 0.243. The van der Waals surface area contributed by atoms with Crippen molar-refractivity contribution in [3.63, 3.8) is 0 Å². The second-order valence-electron chi connectivity index (χ2n) is 11.1. The molecule has 0 saturated heterocycles. The fourth-order valence-corrected chi connectivity index (χ4v) is 4.22. The maximum absolute atomic E-state index is 11.6. The largest absolute Gasteiger partial charge is 0.502 e. The van der Waals surface area contributed by atoms with E-state index in [1.807, 2.05) is 0 Å². The van der Waals surface area contributed by atoms with Gasteiger partial charge in [-0.15, -0.1) is 0 Å². The normalized spacial score (nSPS) is 12.0. The van der Waals surface area contributed by atoms with E-state index >= 15 is 0 Å². The van der Waals surface area contributed by atoms with Crippen molar-refractivity contribution in [3.8, 4) is 11.5 Å². The minimum atomic E-state index is -0.416. The highest BCUT2D eigenvalue weighted by atomic mass is 32.1. The van der Waals surface area contributed by atoms with Gasteiger partial charge in [-0.05, 0) is 71.9 Å². The monoisotopic (exact) mass is 534 g/mol. The Balaban J connectivity index is 1.67. The first-order valence-corrected chi connectivity index (χ1v) is 13.2. The first-order chi connectivity index (χ1) is 16.8. The topological polar surface area (TPSA) is 101 Å². The molecular formula is C28H38O6S2. The van der Waals surface area contributed by atoms with E-state index in [9.17, 15) is 19.8 Å². The molecule has 198 valence electrons. The van der Waals surface area contributed by atoms with E-state index in [0.29, 0.717) is 24.4 Å². The summed E-state index contributed by atoms with van der Waals surface area (Å²) in [4.78, 5) is 25.2. The van der Waals surface area contributed by atoms with Crippen molar-refractivity contribution in [2.75, 3.05) is 0 Å². The van der Waals surface area contributed by atoms with E-state index in [1.165, 1.54) is 12.1 Å². The number of hydrogen-bond donors (Lipinski definition) is 2. The van der Waals surface area contributed by atoms with Gasteiger partial charge in [0, 0.05) is 25.0 Å². The van der Waals surface area contributed by atoms with Crippen LogP contribution in [-0.2, 0) is 12.8 Å². The van der Waals surface area contributed by atoms with Crippen LogP contribution in [0.3, 0.4) is 0 Å². The van der Waals surface area contributed by atoms with Crippen molar-refractivity contribution in [1.29, 1.82) is 0 Å². The molecule has 0 aliphatic heterocycles. The maximum Gasteiger partial charge on any atom is 0.226 e. The third kappa shape index (κ3) is 10.7. The zero-order valence-electron chi connectivity index (χ0n) is 21.7. The average Bonchev–Trinajstić information content (AvgIpc) is 2.82. The summed E-state index contributed by atoms with van der Waals surface area (Å²) in [5, 5.41) is 18.6. The van der Waals surface area contributed by atoms with E-state index < -0.39 is 10.9 Å². The SMILES string of the molecule is CC(C)(CCC(=S)CCC(=S)CCC(C)(C)CCc1cc(=O)c(O)co1)CCc1cc(=O)c(O)co1. The molecule has 2 aromatic rings. The van der Waals surface area contributed by atoms with E-state index in [2.05, 4.69) is 27.7 Å². The van der Waals surface area contributed by atoms with Gasteiger partial charge in [0.05, 0.1) is 0 Å². The average molecular weight is 535 g/mol. The molecule has 0 amide bonds. The summed E-state index contributed by atoms with van der Waals surface area (Å²) < 4.78 is 10.6. The van der Waals surface area contributed by atoms with Gasteiger partial charge in [0.2, 0.25) is 10.9 Å². The van der Waals surface area contributed by atoms with Crippen LogP contribution in [0.4, 0.5) is 0 Å². The molecule has 8 heteroatoms. The Morgan fingerprint density at radius 3 is 1.39 bits per heavy atom. The van der Waals surface area contributed by atoms with Crippen LogP contribution >= 0.6 is 24.4 Å². The lowest BCUT2D eigenvalue weighted by Gasteiger charge is -2.25. The van der Waals surface area contributed by atoms with Gasteiger partial charge in [-0.3, -0.25) is 9.59 Å². The number of aromatic hydroxyl groups is 2. The van der Waals surface area contributed by atoms with E-state index in [4.69, 9.17) is 33.3 Å². The van der Waals surface area contributed by atoms with Gasteiger partial charge < -0.3 is 19.0 Å². The molecule has 0 bridgehead atoms. The second-order valence-corrected chi connectivity index (χ2v) is 12.3. The predicted octanol–water partition coefficient (Wildman–Crippen LogP) is 6.70. The number of hydrogen-bond acceptors (Lipinski definition) is 8. The Morgan fingerprint density at radius 2 is 1.06 bits per heavy atom. The molecule has 0 aromatic carbocycles. The molecule has 0 aliphatic rings. The first-order valence-electron chi connectivity index (χ1n) is 12.4. The Kier molecular flexibility index (Phi) is 11.0. The molecular weight excluding hydrogens is 496 g/mol. The molecule has 0 spiro atoms. The van der Waals surface area contributed by atoms with Crippen LogP contribution in [0.15, 0.2) is 43.1 Å². The Labute approximate surface area is 223 Å². The zero-order valence-corrected chi connectivity index (χ0v) is 23.4. The van der Waals surface area contributed by atoms with Crippen molar-refractivity contribution in [1.82, 2.24) is 0 Å². The highest BCUT2D eigenvalue weighted by molar-refractivity contribution is 7.80. The van der Waals surface area contributed by atoms with Crippen molar-refractivity contribution in [3.05, 3.63) is 56.6 Å². The van der Waals surface area contributed by atoms with Crippen LogP contribution in [0.25, 0.3) is 0 Å². The fraction of sp³-hybridized carbons (Fsp3) is 0.571. The molecule has 6 nitrogen and oxygen atoms in total. The summed E-state index contributed by atoms with van der Waals surface area (Å²) in [5.74, 6) is 0.422. The van der Waals surface area contributed by atoms with Crippen LogP contribution < -0.4 is 10.9 Å². The van der Waals surface area contributed by atoms with Crippen LogP contribution in [-0.4, -0.2) is 19.9 Å². The second kappa shape index (κ2) is 13.3. The lowest BCUT2D eigenvalue weighted by Crippen LogP contribution is -2.16. The van der Waals surface area contributed by atoms with Gasteiger partial charge in [-0.25, -0.2) is 0 Å². The molecule has 2 heterocycles. The highest BCUT2D eigenvalue weighted by Crippen LogP contribution is 2.31. The molecule has 2 N–H and O–H groups in total. The summed E-state index contributed by atoms with van der Waals surface area (Å²) in [6, 6.07) is 2.70. The molecule has 0 atom stereocenters. The summed E-state index contributed by atoms with van der Waals surface area (Å²) >= 11 is 11.2. The number of rotatable bonds is 15. The van der Waals surface area contributed by atoms with Crippen molar-refractivity contribution >= 4 is 34.2 Å². The Morgan fingerprint density at radius 1 is 0.694 bits per heavy atom. The van der Waals surface area contributed by atoms with E-state index in [1.54, 1.807) is 0 Å². The zero-order chi connectivity index (χ0) is 26.9. The number of thiocarbonyl (C=S) groups is 2. The molecule has 0 aliphatic carbocycles. The molecule has 36 heavy (non-hydrogen) atoms. The van der Waals surface area contributed by atoms with Gasteiger partial charge in [0.15, 0.2) is 11.5 Å². The molecule has 0 fully saturated rings. The molecule has 0 unspecified atom stereocenters. The molecule has 0 radical (unpaired) electrons. The minimum Gasteiger partial charge on any atom is -0.502 e. The third-order valence-corrected chi connectivity index (χ3v) is 7.49. The Bertz CT molecular complexity index is 1070. The smallest absolute Gasteiger partial charge is 0.226 e. The van der Waals surface area contributed by atoms with Crippen LogP contribution in [0.1, 0.15) is 90.6 Å². The van der Waals surface area contributed by atoms with Gasteiger partial charge in [0.1, 0.15) is 24.0 Å².